The first-order valence-electron chi connectivity index (χ1n) is 6.48. The van der Waals surface area contributed by atoms with Crippen LogP contribution in [-0.4, -0.2) is 42.7 Å². The van der Waals surface area contributed by atoms with E-state index in [1.807, 2.05) is 0 Å². The number of carbonyl (C=O) groups excluding carboxylic acids is 1. The van der Waals surface area contributed by atoms with Crippen molar-refractivity contribution in [3.05, 3.63) is 28.7 Å². The number of fused-ring (bicyclic) bond motifs is 1. The van der Waals surface area contributed by atoms with Gasteiger partial charge in [-0.3, -0.25) is 9.59 Å². The van der Waals surface area contributed by atoms with E-state index in [0.717, 1.165) is 0 Å². The fraction of sp³-hybridized carbons (Fsp3) is 0.500. The van der Waals surface area contributed by atoms with E-state index in [4.69, 9.17) is 0 Å². The minimum atomic E-state index is -3.87. The van der Waals surface area contributed by atoms with Crippen LogP contribution in [0.3, 0.4) is 0 Å². The second-order valence-electron chi connectivity index (χ2n) is 5.05. The first kappa shape index (κ1) is 13.3. The number of carbonyl (C=O) groups is 1. The lowest BCUT2D eigenvalue weighted by Crippen LogP contribution is -2.49. The fourth-order valence-electron chi connectivity index (χ4n) is 2.94. The molecule has 2 unspecified atom stereocenters. The highest BCUT2D eigenvalue weighted by Gasteiger charge is 2.46. The highest BCUT2D eigenvalue weighted by molar-refractivity contribution is 7.89. The summed E-state index contributed by atoms with van der Waals surface area (Å²) in [7, 11) is -3.87. The van der Waals surface area contributed by atoms with Crippen LogP contribution in [0.2, 0.25) is 0 Å². The molecule has 0 spiro atoms. The standard InChI is InChI=1S/C12H15N3O4S/c16-10-3-4-13-7-11(10)20(18,19)15-5-1-2-8-9(15)6-14-12(8)17/h3-4,7-9H,1-2,5-6H2,(H,13,16)(H,14,17). The van der Waals surface area contributed by atoms with Crippen LogP contribution in [0, 0.1) is 5.92 Å². The quantitative estimate of drug-likeness (QED) is 0.752. The molecule has 0 aromatic carbocycles. The first-order chi connectivity index (χ1) is 9.51. The number of piperidine rings is 1. The predicted octanol–water partition coefficient (Wildman–Crippen LogP) is -0.726. The monoisotopic (exact) mass is 297 g/mol. The average Bonchev–Trinajstić information content (AvgIpc) is 2.81. The molecule has 3 heterocycles. The third-order valence-electron chi connectivity index (χ3n) is 3.93. The number of nitrogens with zero attached hydrogens (tertiary/aromatic N) is 1. The zero-order chi connectivity index (χ0) is 14.3. The van der Waals surface area contributed by atoms with Crippen LogP contribution in [0.5, 0.6) is 0 Å². The van der Waals surface area contributed by atoms with Crippen molar-refractivity contribution in [2.45, 2.75) is 23.8 Å². The lowest BCUT2D eigenvalue weighted by Gasteiger charge is -2.34. The Bertz CT molecular complexity index is 697. The lowest BCUT2D eigenvalue weighted by molar-refractivity contribution is -0.123. The fourth-order valence-corrected chi connectivity index (χ4v) is 4.68. The van der Waals surface area contributed by atoms with Crippen molar-refractivity contribution >= 4 is 15.9 Å². The third-order valence-corrected chi connectivity index (χ3v) is 5.87. The van der Waals surface area contributed by atoms with Gasteiger partial charge in [-0.25, -0.2) is 8.42 Å². The van der Waals surface area contributed by atoms with Crippen LogP contribution in [0.1, 0.15) is 12.8 Å². The van der Waals surface area contributed by atoms with Crippen LogP contribution >= 0.6 is 0 Å². The molecule has 2 fully saturated rings. The third kappa shape index (κ3) is 1.95. The number of hydrogen-bond acceptors (Lipinski definition) is 4. The minimum Gasteiger partial charge on any atom is -0.366 e. The summed E-state index contributed by atoms with van der Waals surface area (Å²) in [5, 5.41) is 2.70. The maximum atomic E-state index is 12.6. The summed E-state index contributed by atoms with van der Waals surface area (Å²) < 4.78 is 26.5. The predicted molar refractivity (Wildman–Crippen MR) is 70.5 cm³/mol. The van der Waals surface area contributed by atoms with Crippen molar-refractivity contribution in [2.75, 3.05) is 13.1 Å². The summed E-state index contributed by atoms with van der Waals surface area (Å²) in [6, 6.07) is 0.799. The number of nitrogens with one attached hydrogen (secondary N) is 2. The van der Waals surface area contributed by atoms with Gasteiger partial charge in [0.1, 0.15) is 4.90 Å². The molecule has 20 heavy (non-hydrogen) atoms. The van der Waals surface area contributed by atoms with Gasteiger partial charge in [0, 0.05) is 31.5 Å². The van der Waals surface area contributed by atoms with Crippen molar-refractivity contribution in [2.24, 2.45) is 5.92 Å². The molecule has 7 nitrogen and oxygen atoms in total. The summed E-state index contributed by atoms with van der Waals surface area (Å²) >= 11 is 0. The molecule has 3 rings (SSSR count). The van der Waals surface area contributed by atoms with Crippen molar-refractivity contribution < 1.29 is 13.2 Å². The molecule has 0 bridgehead atoms. The summed E-state index contributed by atoms with van der Waals surface area (Å²) in [6.07, 6.45) is 3.90. The Morgan fingerprint density at radius 1 is 1.30 bits per heavy atom. The molecule has 0 aliphatic carbocycles. The zero-order valence-electron chi connectivity index (χ0n) is 10.7. The van der Waals surface area contributed by atoms with Crippen molar-refractivity contribution in [1.29, 1.82) is 0 Å². The molecule has 2 atom stereocenters. The number of hydrogen-bond donors (Lipinski definition) is 2. The SMILES string of the molecule is O=C1NCC2C1CCCN2S(=O)(=O)c1c[nH]ccc1=O. The largest absolute Gasteiger partial charge is 0.366 e. The van der Waals surface area contributed by atoms with Gasteiger partial charge in [0.25, 0.3) is 0 Å². The van der Waals surface area contributed by atoms with Gasteiger partial charge >= 0.3 is 0 Å². The Kier molecular flexibility index (Phi) is 3.14. The van der Waals surface area contributed by atoms with Gasteiger partial charge in [-0.15, -0.1) is 0 Å². The number of aromatic amines is 1. The molecule has 8 heteroatoms. The maximum Gasteiger partial charge on any atom is 0.248 e. The summed E-state index contributed by atoms with van der Waals surface area (Å²) in [6.45, 7) is 0.653. The summed E-state index contributed by atoms with van der Waals surface area (Å²) in [5.74, 6) is -0.404. The van der Waals surface area contributed by atoms with E-state index in [0.29, 0.717) is 25.9 Å². The van der Waals surface area contributed by atoms with E-state index in [9.17, 15) is 18.0 Å². The van der Waals surface area contributed by atoms with Gasteiger partial charge in [0.05, 0.1) is 12.0 Å². The van der Waals surface area contributed by atoms with Gasteiger partial charge in [-0.2, -0.15) is 4.31 Å². The summed E-state index contributed by atoms with van der Waals surface area (Å²) in [5.41, 5.74) is -0.539. The Morgan fingerprint density at radius 2 is 2.10 bits per heavy atom. The summed E-state index contributed by atoms with van der Waals surface area (Å²) in [4.78, 5) is 25.8. The van der Waals surface area contributed by atoms with Crippen LogP contribution in [0.25, 0.3) is 0 Å². The molecule has 1 amide bonds. The van der Waals surface area contributed by atoms with Crippen LogP contribution in [-0.2, 0) is 14.8 Å². The topological polar surface area (TPSA) is 99.3 Å². The van der Waals surface area contributed by atoms with Crippen LogP contribution in [0.15, 0.2) is 28.2 Å². The van der Waals surface area contributed by atoms with Crippen LogP contribution < -0.4 is 10.7 Å². The van der Waals surface area contributed by atoms with E-state index >= 15 is 0 Å². The second kappa shape index (κ2) is 4.71. The van der Waals surface area contributed by atoms with Crippen molar-refractivity contribution in [3.8, 4) is 0 Å². The molecule has 2 aliphatic heterocycles. The first-order valence-corrected chi connectivity index (χ1v) is 7.92. The number of sulfonamides is 1. The zero-order valence-corrected chi connectivity index (χ0v) is 11.5. The van der Waals surface area contributed by atoms with Crippen LogP contribution in [0.4, 0.5) is 0 Å². The minimum absolute atomic E-state index is 0.100. The Balaban J connectivity index is 2.01. The van der Waals surface area contributed by atoms with Gasteiger partial charge in [0.15, 0.2) is 0 Å². The van der Waals surface area contributed by atoms with Gasteiger partial charge in [-0.1, -0.05) is 0 Å². The van der Waals surface area contributed by atoms with E-state index < -0.39 is 15.5 Å². The van der Waals surface area contributed by atoms with Gasteiger partial charge in [0.2, 0.25) is 21.4 Å². The number of rotatable bonds is 2. The normalized spacial score (nSPS) is 27.1. The van der Waals surface area contributed by atoms with E-state index in [-0.39, 0.29) is 22.8 Å². The molecule has 2 N–H and O–H groups in total. The molecular weight excluding hydrogens is 282 g/mol. The van der Waals surface area contributed by atoms with E-state index in [1.54, 1.807) is 0 Å². The Labute approximate surface area is 116 Å². The molecule has 2 saturated heterocycles. The molecule has 0 saturated carbocycles. The molecule has 2 aliphatic rings. The lowest BCUT2D eigenvalue weighted by atomic mass is 9.93. The molecule has 0 radical (unpaired) electrons. The second-order valence-corrected chi connectivity index (χ2v) is 6.91. The van der Waals surface area contributed by atoms with Crippen molar-refractivity contribution in [1.82, 2.24) is 14.6 Å². The number of H-pyrrole nitrogens is 1. The Morgan fingerprint density at radius 3 is 2.85 bits per heavy atom. The smallest absolute Gasteiger partial charge is 0.248 e. The average molecular weight is 297 g/mol. The van der Waals surface area contributed by atoms with Gasteiger partial charge in [-0.05, 0) is 12.8 Å². The van der Waals surface area contributed by atoms with E-state index in [1.165, 1.54) is 22.8 Å². The highest BCUT2D eigenvalue weighted by atomic mass is 32.2. The highest BCUT2D eigenvalue weighted by Crippen LogP contribution is 2.30. The number of amides is 1. The number of pyridine rings is 1. The maximum absolute atomic E-state index is 12.6. The molecule has 1 aromatic heterocycles. The Hall–Kier alpha value is -1.67. The molecular formula is C12H15N3O4S. The van der Waals surface area contributed by atoms with Gasteiger partial charge < -0.3 is 10.3 Å². The molecule has 108 valence electrons. The van der Waals surface area contributed by atoms with E-state index in [2.05, 4.69) is 10.3 Å². The van der Waals surface area contributed by atoms with Crippen molar-refractivity contribution in [3.63, 3.8) is 0 Å². The number of aromatic nitrogens is 1. The molecule has 1 aromatic rings.